The largest absolute Gasteiger partial charge is 0.437 e. The lowest BCUT2D eigenvalue weighted by molar-refractivity contribution is 0.167. The predicted octanol–water partition coefficient (Wildman–Crippen LogP) is 5.85. The minimum absolute atomic E-state index is 0.470. The molecule has 0 aliphatic heterocycles. The predicted molar refractivity (Wildman–Crippen MR) is 119 cm³/mol. The SMILES string of the molecule is N#CC(=C1C=CC(=NOC(=O)Nc2cccc3ccccc23)C=C1)c1ccccc1. The van der Waals surface area contributed by atoms with Gasteiger partial charge in [0, 0.05) is 5.39 Å². The molecular weight excluding hydrogens is 374 g/mol. The fourth-order valence-electron chi connectivity index (χ4n) is 3.15. The summed E-state index contributed by atoms with van der Waals surface area (Å²) < 4.78 is 0. The summed E-state index contributed by atoms with van der Waals surface area (Å²) in [7, 11) is 0. The van der Waals surface area contributed by atoms with Crippen LogP contribution in [-0.2, 0) is 4.84 Å². The number of hydrogen-bond donors (Lipinski definition) is 1. The fourth-order valence-corrected chi connectivity index (χ4v) is 3.15. The Morgan fingerprint density at radius 2 is 1.57 bits per heavy atom. The van der Waals surface area contributed by atoms with Crippen molar-refractivity contribution >= 4 is 33.8 Å². The second-order valence-corrected chi connectivity index (χ2v) is 6.52. The van der Waals surface area contributed by atoms with Crippen molar-refractivity contribution in [2.45, 2.75) is 0 Å². The maximum atomic E-state index is 12.2. The Morgan fingerprint density at radius 1 is 0.867 bits per heavy atom. The number of allylic oxidation sites excluding steroid dienone is 6. The smallest absolute Gasteiger partial charge is 0.297 e. The molecule has 1 aliphatic rings. The molecule has 30 heavy (non-hydrogen) atoms. The number of rotatable bonds is 3. The summed E-state index contributed by atoms with van der Waals surface area (Å²) in [6, 6.07) is 25.1. The molecule has 5 nitrogen and oxygen atoms in total. The van der Waals surface area contributed by atoms with Crippen LogP contribution in [-0.4, -0.2) is 11.8 Å². The Labute approximate surface area is 173 Å². The van der Waals surface area contributed by atoms with Crippen molar-refractivity contribution in [3.05, 3.63) is 108 Å². The molecule has 0 atom stereocenters. The van der Waals surface area contributed by atoms with E-state index in [4.69, 9.17) is 4.84 Å². The highest BCUT2D eigenvalue weighted by Gasteiger charge is 2.09. The van der Waals surface area contributed by atoms with E-state index in [0.29, 0.717) is 17.0 Å². The molecule has 4 rings (SSSR count). The summed E-state index contributed by atoms with van der Waals surface area (Å²) in [6.45, 7) is 0. The summed E-state index contributed by atoms with van der Waals surface area (Å²) >= 11 is 0. The number of hydrogen-bond acceptors (Lipinski definition) is 4. The zero-order valence-electron chi connectivity index (χ0n) is 15.9. The van der Waals surface area contributed by atoms with Crippen molar-refractivity contribution in [3.8, 4) is 6.07 Å². The molecule has 3 aromatic rings. The summed E-state index contributed by atoms with van der Waals surface area (Å²) in [6.07, 6.45) is 6.26. The second kappa shape index (κ2) is 8.72. The van der Waals surface area contributed by atoms with Crippen molar-refractivity contribution < 1.29 is 9.63 Å². The van der Waals surface area contributed by atoms with E-state index in [-0.39, 0.29) is 0 Å². The molecular formula is C25H17N3O2. The van der Waals surface area contributed by atoms with Gasteiger partial charge in [-0.25, -0.2) is 4.79 Å². The Kier molecular flexibility index (Phi) is 5.50. The van der Waals surface area contributed by atoms with Gasteiger partial charge >= 0.3 is 6.09 Å². The molecule has 1 aliphatic carbocycles. The third-order valence-electron chi connectivity index (χ3n) is 4.59. The number of anilines is 1. The van der Waals surface area contributed by atoms with Gasteiger partial charge < -0.3 is 0 Å². The highest BCUT2D eigenvalue weighted by atomic mass is 16.7. The molecule has 1 amide bonds. The molecule has 0 radical (unpaired) electrons. The number of amides is 1. The highest BCUT2D eigenvalue weighted by Crippen LogP contribution is 2.24. The van der Waals surface area contributed by atoms with Crippen LogP contribution in [0, 0.1) is 11.3 Å². The van der Waals surface area contributed by atoms with Gasteiger partial charge in [-0.1, -0.05) is 84.0 Å². The van der Waals surface area contributed by atoms with E-state index in [0.717, 1.165) is 21.9 Å². The van der Waals surface area contributed by atoms with Gasteiger partial charge in [0.15, 0.2) is 0 Å². The lowest BCUT2D eigenvalue weighted by Crippen LogP contribution is -2.12. The molecule has 0 saturated carbocycles. The van der Waals surface area contributed by atoms with E-state index in [1.165, 1.54) is 0 Å². The summed E-state index contributed by atoms with van der Waals surface area (Å²) in [5.41, 5.74) is 3.30. The van der Waals surface area contributed by atoms with Gasteiger partial charge in [-0.3, -0.25) is 10.2 Å². The number of carbonyl (C=O) groups excluding carboxylic acids is 1. The zero-order valence-corrected chi connectivity index (χ0v) is 15.9. The standard InChI is InChI=1S/C25H17N3O2/c26-17-23(19-7-2-1-3-8-19)20-13-15-21(16-14-20)28-30-25(29)27-24-12-6-10-18-9-4-5-11-22(18)24/h1-16H,(H,27,29). The van der Waals surface area contributed by atoms with Crippen LogP contribution in [0.4, 0.5) is 10.5 Å². The van der Waals surface area contributed by atoms with Gasteiger partial charge in [0.1, 0.15) is 11.8 Å². The van der Waals surface area contributed by atoms with Gasteiger partial charge in [-0.2, -0.15) is 5.26 Å². The first-order valence-electron chi connectivity index (χ1n) is 9.34. The van der Waals surface area contributed by atoms with Crippen LogP contribution in [0.5, 0.6) is 0 Å². The summed E-state index contributed by atoms with van der Waals surface area (Å²) in [4.78, 5) is 17.2. The first-order chi connectivity index (χ1) is 14.7. The van der Waals surface area contributed by atoms with Gasteiger partial charge in [0.2, 0.25) is 0 Å². The van der Waals surface area contributed by atoms with Gasteiger partial charge in [0.05, 0.1) is 11.3 Å². The number of oxime groups is 1. The fraction of sp³-hybridized carbons (Fsp3) is 0. The van der Waals surface area contributed by atoms with E-state index in [9.17, 15) is 10.1 Å². The molecule has 0 saturated heterocycles. The average molecular weight is 391 g/mol. The van der Waals surface area contributed by atoms with Crippen molar-refractivity contribution in [1.29, 1.82) is 5.26 Å². The van der Waals surface area contributed by atoms with E-state index in [1.807, 2.05) is 66.7 Å². The van der Waals surface area contributed by atoms with Crippen LogP contribution in [0.25, 0.3) is 16.3 Å². The van der Waals surface area contributed by atoms with Crippen LogP contribution < -0.4 is 5.32 Å². The van der Waals surface area contributed by atoms with Crippen molar-refractivity contribution in [2.24, 2.45) is 5.16 Å². The first-order valence-corrected chi connectivity index (χ1v) is 9.34. The van der Waals surface area contributed by atoms with E-state index < -0.39 is 6.09 Å². The van der Waals surface area contributed by atoms with Crippen LogP contribution in [0.1, 0.15) is 5.56 Å². The number of carbonyl (C=O) groups is 1. The molecule has 0 unspecified atom stereocenters. The van der Waals surface area contributed by atoms with Gasteiger partial charge in [-0.15, -0.1) is 0 Å². The molecule has 0 spiro atoms. The first kappa shape index (κ1) is 18.9. The number of nitriles is 1. The number of nitrogens with one attached hydrogen (secondary N) is 1. The minimum Gasteiger partial charge on any atom is -0.297 e. The van der Waals surface area contributed by atoms with Crippen molar-refractivity contribution in [1.82, 2.24) is 0 Å². The molecule has 0 fully saturated rings. The minimum atomic E-state index is -0.677. The Hall–Kier alpha value is -4.43. The molecule has 144 valence electrons. The molecule has 0 aromatic heterocycles. The topological polar surface area (TPSA) is 74.5 Å². The van der Waals surface area contributed by atoms with Gasteiger partial charge in [-0.05, 0) is 34.7 Å². The van der Waals surface area contributed by atoms with Crippen LogP contribution in [0.3, 0.4) is 0 Å². The summed E-state index contributed by atoms with van der Waals surface area (Å²) in [5, 5.41) is 18.0. The maximum Gasteiger partial charge on any atom is 0.437 e. The Morgan fingerprint density at radius 3 is 2.33 bits per heavy atom. The van der Waals surface area contributed by atoms with Gasteiger partial charge in [0.25, 0.3) is 0 Å². The van der Waals surface area contributed by atoms with Crippen LogP contribution >= 0.6 is 0 Å². The quantitative estimate of drug-likeness (QED) is 0.346. The molecule has 5 heteroatoms. The molecule has 0 heterocycles. The zero-order chi connectivity index (χ0) is 20.8. The normalized spacial score (nSPS) is 12.4. The Bertz CT molecular complexity index is 1240. The maximum absolute atomic E-state index is 12.2. The molecule has 1 N–H and O–H groups in total. The summed E-state index contributed by atoms with van der Waals surface area (Å²) in [5.74, 6) is 0. The number of nitrogens with zero attached hydrogens (tertiary/aromatic N) is 2. The van der Waals surface area contributed by atoms with Crippen LogP contribution in [0.15, 0.2) is 108 Å². The Balaban J connectivity index is 1.45. The number of benzene rings is 3. The third kappa shape index (κ3) is 4.18. The van der Waals surface area contributed by atoms with Crippen molar-refractivity contribution in [2.75, 3.05) is 5.32 Å². The van der Waals surface area contributed by atoms with Crippen molar-refractivity contribution in [3.63, 3.8) is 0 Å². The molecule has 3 aromatic carbocycles. The second-order valence-electron chi connectivity index (χ2n) is 6.52. The van der Waals surface area contributed by atoms with E-state index in [1.54, 1.807) is 30.4 Å². The van der Waals surface area contributed by atoms with E-state index >= 15 is 0 Å². The van der Waals surface area contributed by atoms with Crippen LogP contribution in [0.2, 0.25) is 0 Å². The van der Waals surface area contributed by atoms with E-state index in [2.05, 4.69) is 16.5 Å². The molecule has 0 bridgehead atoms. The lowest BCUT2D eigenvalue weighted by atomic mass is 9.97. The average Bonchev–Trinajstić information content (AvgIpc) is 2.80. The monoisotopic (exact) mass is 391 g/mol. The lowest BCUT2D eigenvalue weighted by Gasteiger charge is -2.08. The number of fused-ring (bicyclic) bond motifs is 1. The highest BCUT2D eigenvalue weighted by molar-refractivity contribution is 6.07. The third-order valence-corrected chi connectivity index (χ3v) is 4.59.